The molecule has 1 atom stereocenters. The van der Waals surface area contributed by atoms with Crippen molar-refractivity contribution >= 4 is 17.9 Å². The summed E-state index contributed by atoms with van der Waals surface area (Å²) in [5, 5.41) is 14.4. The molecule has 1 aliphatic heterocycles. The summed E-state index contributed by atoms with van der Waals surface area (Å²) in [6, 6.07) is -0.440. The van der Waals surface area contributed by atoms with Crippen LogP contribution in [-0.2, 0) is 9.59 Å². The van der Waals surface area contributed by atoms with Crippen LogP contribution in [0.2, 0.25) is 0 Å². The normalized spacial score (nSPS) is 22.5. The summed E-state index contributed by atoms with van der Waals surface area (Å²) in [5.41, 5.74) is -1.91. The molecule has 1 aliphatic rings. The van der Waals surface area contributed by atoms with Crippen molar-refractivity contribution in [3.05, 3.63) is 0 Å². The highest BCUT2D eigenvalue weighted by atomic mass is 16.4. The predicted molar refractivity (Wildman–Crippen MR) is 73.2 cm³/mol. The highest BCUT2D eigenvalue weighted by Gasteiger charge is 2.46. The van der Waals surface area contributed by atoms with Crippen LogP contribution in [-0.4, -0.2) is 53.6 Å². The van der Waals surface area contributed by atoms with Crippen molar-refractivity contribution in [1.82, 2.24) is 15.5 Å². The lowest BCUT2D eigenvalue weighted by Gasteiger charge is -2.32. The number of carboxylic acids is 1. The van der Waals surface area contributed by atoms with Crippen molar-refractivity contribution in [1.29, 1.82) is 0 Å². The van der Waals surface area contributed by atoms with Gasteiger partial charge in [0.05, 0.1) is 5.41 Å². The largest absolute Gasteiger partial charge is 0.480 e. The molecule has 0 saturated carbocycles. The third-order valence-corrected chi connectivity index (χ3v) is 3.87. The first kappa shape index (κ1) is 16.3. The van der Waals surface area contributed by atoms with Gasteiger partial charge in [-0.1, -0.05) is 0 Å². The standard InChI is InChI=1S/C13H23N3O4/c1-12(2,9(17)14-4)8-15-11(20)16-7-5-6-13(16,3)10(18)19/h5-8H2,1-4H3,(H,14,17)(H,15,20)(H,18,19). The van der Waals surface area contributed by atoms with E-state index in [0.717, 1.165) is 0 Å². The van der Waals surface area contributed by atoms with Crippen LogP contribution >= 0.6 is 0 Å². The Bertz CT molecular complexity index is 422. The minimum Gasteiger partial charge on any atom is -0.480 e. The molecular weight excluding hydrogens is 262 g/mol. The van der Waals surface area contributed by atoms with Gasteiger partial charge in [-0.3, -0.25) is 4.79 Å². The summed E-state index contributed by atoms with van der Waals surface area (Å²) in [6.45, 7) is 5.54. The zero-order valence-electron chi connectivity index (χ0n) is 12.4. The number of carbonyl (C=O) groups excluding carboxylic acids is 2. The average Bonchev–Trinajstić information content (AvgIpc) is 2.78. The molecule has 1 saturated heterocycles. The second-order valence-electron chi connectivity index (χ2n) is 5.96. The Hall–Kier alpha value is -1.79. The number of likely N-dealkylation sites (tertiary alicyclic amines) is 1. The minimum atomic E-state index is -1.17. The van der Waals surface area contributed by atoms with Crippen molar-refractivity contribution in [2.24, 2.45) is 5.41 Å². The number of aliphatic carboxylic acids is 1. The van der Waals surface area contributed by atoms with Gasteiger partial charge in [0.2, 0.25) is 5.91 Å². The molecule has 114 valence electrons. The molecule has 0 aromatic carbocycles. The molecular formula is C13H23N3O4. The molecule has 1 heterocycles. The van der Waals surface area contributed by atoms with E-state index in [-0.39, 0.29) is 12.5 Å². The Morgan fingerprint density at radius 1 is 1.35 bits per heavy atom. The smallest absolute Gasteiger partial charge is 0.329 e. The highest BCUT2D eigenvalue weighted by Crippen LogP contribution is 2.29. The van der Waals surface area contributed by atoms with Gasteiger partial charge in [0.1, 0.15) is 5.54 Å². The number of nitrogens with zero attached hydrogens (tertiary/aromatic N) is 1. The number of rotatable bonds is 4. The topological polar surface area (TPSA) is 98.7 Å². The predicted octanol–water partition coefficient (Wildman–Crippen LogP) is 0.407. The van der Waals surface area contributed by atoms with Crippen LogP contribution in [0.4, 0.5) is 4.79 Å². The van der Waals surface area contributed by atoms with Crippen LogP contribution in [0.3, 0.4) is 0 Å². The maximum atomic E-state index is 12.1. The Kier molecular flexibility index (Phi) is 4.62. The van der Waals surface area contributed by atoms with E-state index < -0.39 is 23.0 Å². The fraction of sp³-hybridized carbons (Fsp3) is 0.769. The Morgan fingerprint density at radius 3 is 2.45 bits per heavy atom. The van der Waals surface area contributed by atoms with Crippen LogP contribution in [0.1, 0.15) is 33.6 Å². The first-order chi connectivity index (χ1) is 9.15. The highest BCUT2D eigenvalue weighted by molar-refractivity contribution is 5.87. The van der Waals surface area contributed by atoms with E-state index in [0.29, 0.717) is 19.4 Å². The Labute approximate surface area is 118 Å². The van der Waals surface area contributed by atoms with Gasteiger partial charge in [-0.05, 0) is 33.6 Å². The number of amides is 3. The summed E-state index contributed by atoms with van der Waals surface area (Å²) < 4.78 is 0. The van der Waals surface area contributed by atoms with Crippen LogP contribution < -0.4 is 10.6 Å². The summed E-state index contributed by atoms with van der Waals surface area (Å²) in [6.07, 6.45) is 1.10. The maximum Gasteiger partial charge on any atom is 0.329 e. The van der Waals surface area contributed by atoms with Crippen LogP contribution in [0, 0.1) is 5.41 Å². The van der Waals surface area contributed by atoms with E-state index in [1.165, 1.54) is 11.9 Å². The molecule has 20 heavy (non-hydrogen) atoms. The molecule has 3 N–H and O–H groups in total. The number of carboxylic acid groups (broad SMARTS) is 1. The first-order valence-electron chi connectivity index (χ1n) is 6.66. The molecule has 0 aromatic heterocycles. The number of urea groups is 1. The molecule has 0 aromatic rings. The van der Waals surface area contributed by atoms with Gasteiger partial charge < -0.3 is 20.6 Å². The van der Waals surface area contributed by atoms with E-state index in [9.17, 15) is 19.5 Å². The Balaban J connectivity index is 2.68. The van der Waals surface area contributed by atoms with Crippen LogP contribution in [0.5, 0.6) is 0 Å². The summed E-state index contributed by atoms with van der Waals surface area (Å²) in [7, 11) is 1.54. The number of nitrogens with one attached hydrogen (secondary N) is 2. The number of hydrogen-bond acceptors (Lipinski definition) is 3. The molecule has 0 radical (unpaired) electrons. The van der Waals surface area contributed by atoms with Gasteiger partial charge in [-0.2, -0.15) is 0 Å². The van der Waals surface area contributed by atoms with Gasteiger partial charge in [0, 0.05) is 20.1 Å². The van der Waals surface area contributed by atoms with Crippen molar-refractivity contribution < 1.29 is 19.5 Å². The molecule has 7 heteroatoms. The lowest BCUT2D eigenvalue weighted by Crippen LogP contribution is -2.55. The van der Waals surface area contributed by atoms with Gasteiger partial charge in [0.25, 0.3) is 0 Å². The maximum absolute atomic E-state index is 12.1. The van der Waals surface area contributed by atoms with E-state index >= 15 is 0 Å². The molecule has 1 unspecified atom stereocenters. The zero-order valence-corrected chi connectivity index (χ0v) is 12.4. The van der Waals surface area contributed by atoms with Crippen molar-refractivity contribution in [3.8, 4) is 0 Å². The van der Waals surface area contributed by atoms with Gasteiger partial charge in [-0.25, -0.2) is 9.59 Å². The Morgan fingerprint density at radius 2 is 1.95 bits per heavy atom. The van der Waals surface area contributed by atoms with Gasteiger partial charge >= 0.3 is 12.0 Å². The molecule has 0 aliphatic carbocycles. The summed E-state index contributed by atoms with van der Waals surface area (Å²) in [5.74, 6) is -1.18. The fourth-order valence-corrected chi connectivity index (χ4v) is 2.32. The van der Waals surface area contributed by atoms with E-state index in [4.69, 9.17) is 0 Å². The monoisotopic (exact) mass is 285 g/mol. The van der Waals surface area contributed by atoms with E-state index in [2.05, 4.69) is 10.6 Å². The third-order valence-electron chi connectivity index (χ3n) is 3.87. The fourth-order valence-electron chi connectivity index (χ4n) is 2.32. The lowest BCUT2D eigenvalue weighted by atomic mass is 9.92. The molecule has 0 bridgehead atoms. The second-order valence-corrected chi connectivity index (χ2v) is 5.96. The quantitative estimate of drug-likeness (QED) is 0.696. The number of carbonyl (C=O) groups is 3. The van der Waals surface area contributed by atoms with Crippen molar-refractivity contribution in [3.63, 3.8) is 0 Å². The molecule has 0 spiro atoms. The average molecular weight is 285 g/mol. The first-order valence-corrected chi connectivity index (χ1v) is 6.66. The third kappa shape index (κ3) is 3.02. The molecule has 7 nitrogen and oxygen atoms in total. The second kappa shape index (κ2) is 5.68. The van der Waals surface area contributed by atoms with Crippen molar-refractivity contribution in [2.45, 2.75) is 39.2 Å². The summed E-state index contributed by atoms with van der Waals surface area (Å²) >= 11 is 0. The molecule has 1 rings (SSSR count). The zero-order chi connectivity index (χ0) is 15.6. The minimum absolute atomic E-state index is 0.151. The lowest BCUT2D eigenvalue weighted by molar-refractivity contribution is -0.147. The van der Waals surface area contributed by atoms with E-state index in [1.807, 2.05) is 0 Å². The van der Waals surface area contributed by atoms with Crippen molar-refractivity contribution in [2.75, 3.05) is 20.1 Å². The molecule has 1 fully saturated rings. The van der Waals surface area contributed by atoms with Gasteiger partial charge in [-0.15, -0.1) is 0 Å². The van der Waals surface area contributed by atoms with Crippen LogP contribution in [0.15, 0.2) is 0 Å². The SMILES string of the molecule is CNC(=O)C(C)(C)CNC(=O)N1CCCC1(C)C(=O)O. The van der Waals surface area contributed by atoms with Gasteiger partial charge in [0.15, 0.2) is 0 Å². The molecule has 3 amide bonds. The van der Waals surface area contributed by atoms with E-state index in [1.54, 1.807) is 20.8 Å². The summed E-state index contributed by atoms with van der Waals surface area (Å²) in [4.78, 5) is 36.4. The van der Waals surface area contributed by atoms with Crippen LogP contribution in [0.25, 0.3) is 0 Å². The number of hydrogen-bond donors (Lipinski definition) is 3.